The molecule has 2 aromatic rings. The fourth-order valence-corrected chi connectivity index (χ4v) is 66.2. The Hall–Kier alpha value is -0.763. The monoisotopic (exact) mass is 548 g/mol. The molecule has 2 aromatic carbocycles. The van der Waals surface area contributed by atoms with Crippen molar-refractivity contribution in [3.05, 3.63) is 82.9 Å². The van der Waals surface area contributed by atoms with Gasteiger partial charge in [-0.2, -0.15) is 0 Å². The van der Waals surface area contributed by atoms with Gasteiger partial charge in [0.1, 0.15) is 0 Å². The van der Waals surface area contributed by atoms with E-state index in [1.165, 1.54) is 38.5 Å². The first-order valence-corrected chi connectivity index (χ1v) is 28.4. The molecular formula is C30H42Si2Zr. The summed E-state index contributed by atoms with van der Waals surface area (Å²) in [7, 11) is 0. The van der Waals surface area contributed by atoms with Crippen molar-refractivity contribution >= 4 is 22.0 Å². The normalized spacial score (nSPS) is 18.6. The zero-order chi connectivity index (χ0) is 23.6. The number of unbranched alkanes of at least 4 members (excludes halogenated alkanes) is 2. The molecule has 2 aliphatic rings. The Morgan fingerprint density at radius 2 is 1.03 bits per heavy atom. The van der Waals surface area contributed by atoms with E-state index < -0.39 is 28.4 Å². The molecule has 0 heterocycles. The first-order chi connectivity index (χ1) is 16.0. The van der Waals surface area contributed by atoms with Gasteiger partial charge >= 0.3 is 208 Å². The Kier molecular flexibility index (Phi) is 8.35. The molecule has 0 amide bonds. The maximum atomic E-state index is 2.84. The summed E-state index contributed by atoms with van der Waals surface area (Å²) in [5, 5.41) is 0. The summed E-state index contributed by atoms with van der Waals surface area (Å²) >= 11 is -2.75. The molecule has 33 heavy (non-hydrogen) atoms. The van der Waals surface area contributed by atoms with E-state index in [0.29, 0.717) is 0 Å². The Morgan fingerprint density at radius 1 is 0.636 bits per heavy atom. The molecule has 0 spiro atoms. The summed E-state index contributed by atoms with van der Waals surface area (Å²) in [6.07, 6.45) is 13.4. The van der Waals surface area contributed by atoms with E-state index in [0.717, 1.165) is 7.25 Å². The Bertz CT molecular complexity index is 1110. The van der Waals surface area contributed by atoms with Gasteiger partial charge in [-0.15, -0.1) is 0 Å². The molecule has 0 N–H and O–H groups in total. The number of hydrogen-bond acceptors (Lipinski definition) is 0. The van der Waals surface area contributed by atoms with Crippen LogP contribution in [0.3, 0.4) is 0 Å². The van der Waals surface area contributed by atoms with Gasteiger partial charge in [0.25, 0.3) is 0 Å². The van der Waals surface area contributed by atoms with Crippen molar-refractivity contribution < 1.29 is 17.5 Å². The van der Waals surface area contributed by atoms with E-state index in [1.807, 2.05) is 0 Å². The van der Waals surface area contributed by atoms with E-state index in [2.05, 4.69) is 101 Å². The van der Waals surface area contributed by atoms with E-state index in [9.17, 15) is 0 Å². The van der Waals surface area contributed by atoms with E-state index >= 15 is 0 Å². The average molecular weight is 550 g/mol. The summed E-state index contributed by atoms with van der Waals surface area (Å²) in [5.74, 6) is 0. The van der Waals surface area contributed by atoms with Crippen molar-refractivity contribution in [1.29, 1.82) is 0 Å². The van der Waals surface area contributed by atoms with Gasteiger partial charge in [-0.05, 0) is 0 Å². The number of fused-ring (bicyclic) bond motifs is 2. The predicted molar refractivity (Wildman–Crippen MR) is 148 cm³/mol. The molecular weight excluding hydrogens is 508 g/mol. The number of hydrogen-bond donors (Lipinski definition) is 0. The first-order valence-electron chi connectivity index (χ1n) is 13.2. The zero-order valence-corrected chi connectivity index (χ0v) is 26.1. The van der Waals surface area contributed by atoms with Gasteiger partial charge in [0.2, 0.25) is 0 Å². The van der Waals surface area contributed by atoms with Crippen LogP contribution >= 0.6 is 0 Å². The quantitative estimate of drug-likeness (QED) is 0.288. The number of benzene rings is 2. The number of allylic oxidation sites excluding steroid dienone is 4. The van der Waals surface area contributed by atoms with Crippen molar-refractivity contribution in [3.63, 3.8) is 0 Å². The minimum absolute atomic E-state index is 0.401. The second-order valence-electron chi connectivity index (χ2n) is 10.6. The SMILES string of the molecule is CCCCC1=C[CH]([Zr]([CH]2C=C(CCCC)c3ccccc32)(=[Si](C)C)=[Si](C)C)c2ccccc21. The van der Waals surface area contributed by atoms with Crippen molar-refractivity contribution in [2.75, 3.05) is 0 Å². The van der Waals surface area contributed by atoms with E-state index in [-0.39, 0.29) is 0 Å². The Labute approximate surface area is 207 Å². The fraction of sp³-hybridized carbons (Fsp3) is 0.467. The van der Waals surface area contributed by atoms with Crippen LogP contribution in [0.2, 0.25) is 26.2 Å². The van der Waals surface area contributed by atoms with Gasteiger partial charge < -0.3 is 0 Å². The molecule has 0 aliphatic heterocycles. The van der Waals surface area contributed by atoms with Crippen LogP contribution in [0.15, 0.2) is 60.7 Å². The van der Waals surface area contributed by atoms with Crippen LogP contribution in [0, 0.1) is 0 Å². The third-order valence-electron chi connectivity index (χ3n) is 8.25. The molecule has 0 fully saturated rings. The Morgan fingerprint density at radius 3 is 1.39 bits per heavy atom. The van der Waals surface area contributed by atoms with Gasteiger partial charge in [0.05, 0.1) is 0 Å². The van der Waals surface area contributed by atoms with Gasteiger partial charge in [-0.1, -0.05) is 0 Å². The molecule has 0 aromatic heterocycles. The van der Waals surface area contributed by atoms with Crippen LogP contribution in [-0.4, -0.2) is 10.9 Å². The summed E-state index contributed by atoms with van der Waals surface area (Å²) in [5.41, 5.74) is 9.17. The topological polar surface area (TPSA) is 0 Å². The van der Waals surface area contributed by atoms with Crippen LogP contribution in [0.5, 0.6) is 0 Å². The van der Waals surface area contributed by atoms with Gasteiger partial charge in [-0.3, -0.25) is 0 Å². The van der Waals surface area contributed by atoms with Crippen molar-refractivity contribution in [2.24, 2.45) is 0 Å². The molecule has 0 bridgehead atoms. The maximum absolute atomic E-state index is 2.84. The van der Waals surface area contributed by atoms with Gasteiger partial charge in [0, 0.05) is 0 Å². The van der Waals surface area contributed by atoms with Crippen molar-refractivity contribution in [2.45, 2.75) is 85.8 Å². The van der Waals surface area contributed by atoms with Crippen LogP contribution in [0.25, 0.3) is 11.1 Å². The van der Waals surface area contributed by atoms with Crippen molar-refractivity contribution in [1.82, 2.24) is 0 Å². The first kappa shape index (κ1) is 25.3. The van der Waals surface area contributed by atoms with Crippen LogP contribution in [0.1, 0.15) is 81.9 Å². The molecule has 174 valence electrons. The molecule has 2 aliphatic carbocycles. The summed E-state index contributed by atoms with van der Waals surface area (Å²) < 4.78 is 1.52. The second-order valence-corrected chi connectivity index (χ2v) is 49.4. The van der Waals surface area contributed by atoms with Gasteiger partial charge in [-0.25, -0.2) is 0 Å². The molecule has 4 rings (SSSR count). The van der Waals surface area contributed by atoms with E-state index in [1.54, 1.807) is 33.4 Å². The summed E-state index contributed by atoms with van der Waals surface area (Å²) in [6, 6.07) is 19.1. The fourth-order valence-electron chi connectivity index (χ4n) is 6.74. The molecule has 0 nitrogen and oxygen atoms in total. The van der Waals surface area contributed by atoms with E-state index in [4.69, 9.17) is 0 Å². The number of rotatable bonds is 8. The van der Waals surface area contributed by atoms with Crippen LogP contribution in [0.4, 0.5) is 0 Å². The van der Waals surface area contributed by atoms with Crippen LogP contribution < -0.4 is 0 Å². The molecule has 0 saturated carbocycles. The van der Waals surface area contributed by atoms with Crippen molar-refractivity contribution in [3.8, 4) is 0 Å². The summed E-state index contributed by atoms with van der Waals surface area (Å²) in [6.45, 7) is 15.5. The zero-order valence-electron chi connectivity index (χ0n) is 21.7. The molecule has 2 atom stereocenters. The molecule has 2 unspecified atom stereocenters. The standard InChI is InChI=1S/2C13H15.2C2H6Si.Zr/c2*1-2-3-6-11-9-10-12-7-4-5-8-13(11)12;2*1-3-2;/h2*4-5,7-10H,2-3,6H2,1H3;2*1-2H3;. The summed E-state index contributed by atoms with van der Waals surface area (Å²) in [4.78, 5) is 0. The molecule has 3 heteroatoms. The molecule has 0 radical (unpaired) electrons. The third-order valence-corrected chi connectivity index (χ3v) is 68.2. The molecule has 0 saturated heterocycles. The van der Waals surface area contributed by atoms with Gasteiger partial charge in [0.15, 0.2) is 0 Å². The second kappa shape index (κ2) is 10.9. The average Bonchev–Trinajstić information content (AvgIpc) is 3.36. The minimum atomic E-state index is -2.75. The van der Waals surface area contributed by atoms with Crippen LogP contribution in [-0.2, 0) is 17.5 Å². The third kappa shape index (κ3) is 4.48. The Balaban J connectivity index is 1.98. The predicted octanol–water partition coefficient (Wildman–Crippen LogP) is 9.30.